The number of nitrogens with one attached hydrogen (secondary N) is 1. The molecule has 2 fully saturated rings. The molecule has 2 aliphatic rings. The van der Waals surface area contributed by atoms with Crippen molar-refractivity contribution < 1.29 is 9.59 Å². The van der Waals surface area contributed by atoms with Gasteiger partial charge >= 0.3 is 0 Å². The molecule has 4 nitrogen and oxygen atoms in total. The van der Waals surface area contributed by atoms with Crippen LogP contribution in [0.15, 0.2) is 0 Å². The molecule has 1 saturated heterocycles. The zero-order valence-electron chi connectivity index (χ0n) is 14.1. The predicted molar refractivity (Wildman–Crippen MR) is 83.7 cm³/mol. The topological polar surface area (TPSA) is 49.4 Å². The van der Waals surface area contributed by atoms with Crippen LogP contribution in [0.5, 0.6) is 0 Å². The highest BCUT2D eigenvalue weighted by Gasteiger charge is 2.50. The third-order valence-corrected chi connectivity index (χ3v) is 5.75. The van der Waals surface area contributed by atoms with E-state index in [0.717, 1.165) is 25.2 Å². The Morgan fingerprint density at radius 3 is 2.29 bits per heavy atom. The van der Waals surface area contributed by atoms with Gasteiger partial charge in [0.2, 0.25) is 11.8 Å². The van der Waals surface area contributed by atoms with Gasteiger partial charge in [0.25, 0.3) is 0 Å². The van der Waals surface area contributed by atoms with Crippen LogP contribution in [0.2, 0.25) is 0 Å². The van der Waals surface area contributed by atoms with Crippen LogP contribution in [0.4, 0.5) is 0 Å². The first-order chi connectivity index (χ1) is 9.86. The molecule has 1 saturated carbocycles. The van der Waals surface area contributed by atoms with Gasteiger partial charge < -0.3 is 10.2 Å². The molecule has 4 unspecified atom stereocenters. The molecule has 4 heteroatoms. The molecule has 1 heterocycles. The second kappa shape index (κ2) is 5.98. The van der Waals surface area contributed by atoms with Crippen molar-refractivity contribution in [1.29, 1.82) is 0 Å². The van der Waals surface area contributed by atoms with Crippen LogP contribution in [0, 0.1) is 11.8 Å². The molecule has 0 aromatic rings. The number of hydrogen-bond acceptors (Lipinski definition) is 2. The zero-order valence-corrected chi connectivity index (χ0v) is 14.1. The molecule has 0 bridgehead atoms. The lowest BCUT2D eigenvalue weighted by Gasteiger charge is -2.50. The Morgan fingerprint density at radius 2 is 1.76 bits per heavy atom. The fraction of sp³-hybridized carbons (Fsp3) is 0.882. The summed E-state index contributed by atoms with van der Waals surface area (Å²) < 4.78 is 0. The van der Waals surface area contributed by atoms with Gasteiger partial charge in [0.15, 0.2) is 0 Å². The van der Waals surface area contributed by atoms with Gasteiger partial charge in [-0.05, 0) is 50.9 Å². The van der Waals surface area contributed by atoms with E-state index in [1.807, 2.05) is 25.7 Å². The molecule has 1 aliphatic heterocycles. The van der Waals surface area contributed by atoms with Crippen LogP contribution >= 0.6 is 0 Å². The van der Waals surface area contributed by atoms with Crippen LogP contribution in [0.3, 0.4) is 0 Å². The molecular weight excluding hydrogens is 264 g/mol. The summed E-state index contributed by atoms with van der Waals surface area (Å²) in [7, 11) is 0. The van der Waals surface area contributed by atoms with Crippen molar-refractivity contribution in [2.24, 2.45) is 11.8 Å². The molecule has 0 aromatic carbocycles. The number of amides is 2. The van der Waals surface area contributed by atoms with Gasteiger partial charge in [-0.3, -0.25) is 9.59 Å². The molecule has 0 aromatic heterocycles. The zero-order chi connectivity index (χ0) is 15.8. The van der Waals surface area contributed by atoms with Crippen LogP contribution in [0.25, 0.3) is 0 Å². The largest absolute Gasteiger partial charge is 0.340 e. The highest BCUT2D eigenvalue weighted by Crippen LogP contribution is 2.36. The van der Waals surface area contributed by atoms with Gasteiger partial charge in [-0.15, -0.1) is 0 Å². The number of piperazine rings is 1. The second-order valence-electron chi connectivity index (χ2n) is 7.13. The van der Waals surface area contributed by atoms with Crippen molar-refractivity contribution in [3.05, 3.63) is 0 Å². The van der Waals surface area contributed by atoms with Gasteiger partial charge in [0.1, 0.15) is 11.6 Å². The lowest BCUT2D eigenvalue weighted by Crippen LogP contribution is -2.71. The molecular formula is C17H30N2O2. The SMILES string of the molecule is CCC1(CC)NC(=O)C(C)N(C2CCC(C)CC2C)C1=O. The molecule has 4 atom stereocenters. The Morgan fingerprint density at radius 1 is 1.14 bits per heavy atom. The van der Waals surface area contributed by atoms with E-state index in [0.29, 0.717) is 18.8 Å². The van der Waals surface area contributed by atoms with E-state index in [1.54, 1.807) is 0 Å². The lowest BCUT2D eigenvalue weighted by molar-refractivity contribution is -0.160. The first kappa shape index (κ1) is 16.3. The van der Waals surface area contributed by atoms with Crippen molar-refractivity contribution >= 4 is 11.8 Å². The highest BCUT2D eigenvalue weighted by atomic mass is 16.2. The van der Waals surface area contributed by atoms with Crippen LogP contribution in [-0.2, 0) is 9.59 Å². The van der Waals surface area contributed by atoms with Crippen LogP contribution < -0.4 is 5.32 Å². The summed E-state index contributed by atoms with van der Waals surface area (Å²) >= 11 is 0. The maximum Gasteiger partial charge on any atom is 0.249 e. The number of rotatable bonds is 3. The van der Waals surface area contributed by atoms with E-state index >= 15 is 0 Å². The third-order valence-electron chi connectivity index (χ3n) is 5.75. The van der Waals surface area contributed by atoms with E-state index in [2.05, 4.69) is 19.2 Å². The fourth-order valence-electron chi connectivity index (χ4n) is 4.17. The van der Waals surface area contributed by atoms with E-state index in [-0.39, 0.29) is 23.9 Å². The number of nitrogens with zero attached hydrogens (tertiary/aromatic N) is 1. The number of carbonyl (C=O) groups excluding carboxylic acids is 2. The van der Waals surface area contributed by atoms with Crippen molar-refractivity contribution in [2.45, 2.75) is 84.3 Å². The Kier molecular flexibility index (Phi) is 4.64. The summed E-state index contributed by atoms with van der Waals surface area (Å²) in [6.45, 7) is 10.4. The molecule has 1 aliphatic carbocycles. The van der Waals surface area contributed by atoms with Crippen molar-refractivity contribution in [2.75, 3.05) is 0 Å². The first-order valence-corrected chi connectivity index (χ1v) is 8.51. The summed E-state index contributed by atoms with van der Waals surface area (Å²) in [5.41, 5.74) is -0.688. The molecule has 2 amide bonds. The van der Waals surface area contributed by atoms with Gasteiger partial charge in [-0.1, -0.05) is 27.7 Å². The Hall–Kier alpha value is -1.06. The average molecular weight is 294 g/mol. The van der Waals surface area contributed by atoms with E-state index in [9.17, 15) is 9.59 Å². The monoisotopic (exact) mass is 294 g/mol. The standard InChI is InChI=1S/C17H30N2O2/c1-6-17(7-2)16(21)19(13(5)15(20)18-17)14-9-8-11(3)10-12(14)4/h11-14H,6-10H2,1-5H3,(H,18,20). The highest BCUT2D eigenvalue weighted by molar-refractivity contribution is 5.99. The molecule has 0 spiro atoms. The maximum absolute atomic E-state index is 13.1. The van der Waals surface area contributed by atoms with E-state index in [4.69, 9.17) is 0 Å². The van der Waals surface area contributed by atoms with Gasteiger partial charge in [0, 0.05) is 6.04 Å². The van der Waals surface area contributed by atoms with Crippen molar-refractivity contribution in [1.82, 2.24) is 10.2 Å². The summed E-state index contributed by atoms with van der Waals surface area (Å²) in [6.07, 6.45) is 4.64. The van der Waals surface area contributed by atoms with Gasteiger partial charge in [-0.25, -0.2) is 0 Å². The van der Waals surface area contributed by atoms with E-state index in [1.165, 1.54) is 0 Å². The van der Waals surface area contributed by atoms with E-state index < -0.39 is 5.54 Å². The summed E-state index contributed by atoms with van der Waals surface area (Å²) in [4.78, 5) is 27.4. The summed E-state index contributed by atoms with van der Waals surface area (Å²) in [6, 6.07) is -0.128. The second-order valence-corrected chi connectivity index (χ2v) is 7.13. The quantitative estimate of drug-likeness (QED) is 0.870. The Bertz CT molecular complexity index is 417. The fourth-order valence-corrected chi connectivity index (χ4v) is 4.17. The molecule has 0 radical (unpaired) electrons. The minimum absolute atomic E-state index is 0.00382. The van der Waals surface area contributed by atoms with Crippen molar-refractivity contribution in [3.8, 4) is 0 Å². The Balaban J connectivity index is 2.31. The van der Waals surface area contributed by atoms with Gasteiger partial charge in [0.05, 0.1) is 0 Å². The van der Waals surface area contributed by atoms with Crippen LogP contribution in [0.1, 0.15) is 66.7 Å². The van der Waals surface area contributed by atoms with Crippen LogP contribution in [-0.4, -0.2) is 34.3 Å². The molecule has 1 N–H and O–H groups in total. The summed E-state index contributed by atoms with van der Waals surface area (Å²) in [5.74, 6) is 1.33. The molecule has 120 valence electrons. The number of carbonyl (C=O) groups is 2. The molecule has 2 rings (SSSR count). The average Bonchev–Trinajstić information content (AvgIpc) is 2.45. The van der Waals surface area contributed by atoms with Crippen molar-refractivity contribution in [3.63, 3.8) is 0 Å². The minimum atomic E-state index is -0.688. The normalized spacial score (nSPS) is 36.5. The predicted octanol–water partition coefficient (Wildman–Crippen LogP) is 2.72. The summed E-state index contributed by atoms with van der Waals surface area (Å²) in [5, 5.41) is 2.99. The smallest absolute Gasteiger partial charge is 0.249 e. The van der Waals surface area contributed by atoms with Gasteiger partial charge in [-0.2, -0.15) is 0 Å². The molecule has 21 heavy (non-hydrogen) atoms. The number of hydrogen-bond donors (Lipinski definition) is 1. The minimum Gasteiger partial charge on any atom is -0.340 e. The third kappa shape index (κ3) is 2.69. The Labute approximate surface area is 128 Å². The first-order valence-electron chi connectivity index (χ1n) is 8.51. The lowest BCUT2D eigenvalue weighted by atomic mass is 9.77. The maximum atomic E-state index is 13.1.